The fourth-order valence-electron chi connectivity index (χ4n) is 4.50. The lowest BCUT2D eigenvalue weighted by Gasteiger charge is -2.33. The molecule has 2 rings (SSSR count). The van der Waals surface area contributed by atoms with Crippen LogP contribution in [0.15, 0.2) is 0 Å². The molecule has 2 fully saturated rings. The third kappa shape index (κ3) is 7.29. The van der Waals surface area contributed by atoms with E-state index in [4.69, 9.17) is 21.1 Å². The second-order valence-corrected chi connectivity index (χ2v) is 8.98. The zero-order chi connectivity index (χ0) is 19.6. The number of hydrogen-bond acceptors (Lipinski definition) is 4. The van der Waals surface area contributed by atoms with Gasteiger partial charge in [0.2, 0.25) is 0 Å². The summed E-state index contributed by atoms with van der Waals surface area (Å²) in [5.41, 5.74) is 0. The normalized spacial score (nSPS) is 29.7. The fourth-order valence-corrected chi connectivity index (χ4v) is 5.01. The SMILES string of the molecule is CCCOC(=O)[C@H]1CC[C@H](CC(Cl)[C@H]2CC[C@H](C(=O)OCCC)CC2)CC1. The van der Waals surface area contributed by atoms with E-state index in [1.165, 1.54) is 0 Å². The number of carbonyl (C=O) groups excluding carboxylic acids is 2. The molecular weight excluding hydrogens is 364 g/mol. The van der Waals surface area contributed by atoms with Crippen LogP contribution < -0.4 is 0 Å². The molecule has 0 N–H and O–H groups in total. The number of halogens is 1. The molecule has 0 spiro atoms. The lowest BCUT2D eigenvalue weighted by Crippen LogP contribution is -2.30. The molecule has 1 atom stereocenters. The van der Waals surface area contributed by atoms with E-state index >= 15 is 0 Å². The highest BCUT2D eigenvalue weighted by molar-refractivity contribution is 6.20. The molecule has 0 bridgehead atoms. The van der Waals surface area contributed by atoms with Crippen LogP contribution in [-0.2, 0) is 19.1 Å². The van der Waals surface area contributed by atoms with Crippen molar-refractivity contribution < 1.29 is 19.1 Å². The van der Waals surface area contributed by atoms with Gasteiger partial charge >= 0.3 is 11.9 Å². The Morgan fingerprint density at radius 1 is 0.815 bits per heavy atom. The molecule has 27 heavy (non-hydrogen) atoms. The van der Waals surface area contributed by atoms with Gasteiger partial charge in [-0.1, -0.05) is 13.8 Å². The van der Waals surface area contributed by atoms with E-state index in [2.05, 4.69) is 0 Å². The molecule has 0 aromatic carbocycles. The van der Waals surface area contributed by atoms with Gasteiger partial charge in [0.1, 0.15) is 0 Å². The number of ether oxygens (including phenoxy) is 2. The van der Waals surface area contributed by atoms with Gasteiger partial charge < -0.3 is 9.47 Å². The summed E-state index contributed by atoms with van der Waals surface area (Å²) >= 11 is 6.76. The number of rotatable bonds is 9. The Morgan fingerprint density at radius 2 is 1.26 bits per heavy atom. The summed E-state index contributed by atoms with van der Waals surface area (Å²) in [7, 11) is 0. The summed E-state index contributed by atoms with van der Waals surface area (Å²) in [5.74, 6) is 1.26. The summed E-state index contributed by atoms with van der Waals surface area (Å²) in [5, 5.41) is 0.186. The predicted molar refractivity (Wildman–Crippen MR) is 108 cm³/mol. The average Bonchev–Trinajstić information content (AvgIpc) is 2.70. The van der Waals surface area contributed by atoms with Crippen molar-refractivity contribution >= 4 is 23.5 Å². The number of esters is 2. The van der Waals surface area contributed by atoms with Crippen LogP contribution >= 0.6 is 11.6 Å². The maximum absolute atomic E-state index is 12.0. The van der Waals surface area contributed by atoms with Gasteiger partial charge in [0.25, 0.3) is 0 Å². The van der Waals surface area contributed by atoms with Crippen LogP contribution in [0.2, 0.25) is 0 Å². The maximum atomic E-state index is 12.0. The van der Waals surface area contributed by atoms with Gasteiger partial charge in [-0.15, -0.1) is 11.6 Å². The van der Waals surface area contributed by atoms with Crippen molar-refractivity contribution in [3.8, 4) is 0 Å². The van der Waals surface area contributed by atoms with Gasteiger partial charge in [-0.3, -0.25) is 9.59 Å². The molecule has 0 aliphatic heterocycles. The van der Waals surface area contributed by atoms with Crippen LogP contribution in [0.25, 0.3) is 0 Å². The van der Waals surface area contributed by atoms with Crippen LogP contribution in [0.4, 0.5) is 0 Å². The molecule has 5 heteroatoms. The van der Waals surface area contributed by atoms with Crippen molar-refractivity contribution in [3.05, 3.63) is 0 Å². The lowest BCUT2D eigenvalue weighted by molar-refractivity contribution is -0.151. The van der Waals surface area contributed by atoms with Gasteiger partial charge in [0.05, 0.1) is 25.0 Å². The molecule has 4 nitrogen and oxygen atoms in total. The summed E-state index contributed by atoms with van der Waals surface area (Å²) in [6, 6.07) is 0. The molecule has 0 heterocycles. The Labute approximate surface area is 169 Å². The molecule has 2 aliphatic carbocycles. The van der Waals surface area contributed by atoms with E-state index in [0.29, 0.717) is 25.0 Å². The fraction of sp³-hybridized carbons (Fsp3) is 0.909. The van der Waals surface area contributed by atoms with Gasteiger partial charge in [-0.05, 0) is 82.5 Å². The third-order valence-electron chi connectivity index (χ3n) is 6.25. The molecule has 0 aromatic rings. The maximum Gasteiger partial charge on any atom is 0.308 e. The average molecular weight is 401 g/mol. The molecule has 156 valence electrons. The smallest absolute Gasteiger partial charge is 0.308 e. The van der Waals surface area contributed by atoms with Gasteiger partial charge in [-0.2, -0.15) is 0 Å². The monoisotopic (exact) mass is 400 g/mol. The minimum Gasteiger partial charge on any atom is -0.465 e. The largest absolute Gasteiger partial charge is 0.465 e. The van der Waals surface area contributed by atoms with Crippen molar-refractivity contribution in [1.29, 1.82) is 0 Å². The molecule has 0 saturated heterocycles. The molecule has 2 saturated carbocycles. The molecule has 0 amide bonds. The van der Waals surface area contributed by atoms with E-state index < -0.39 is 0 Å². The van der Waals surface area contributed by atoms with Crippen molar-refractivity contribution in [3.63, 3.8) is 0 Å². The first kappa shape index (κ1) is 22.5. The van der Waals surface area contributed by atoms with Crippen LogP contribution in [0.5, 0.6) is 0 Å². The van der Waals surface area contributed by atoms with E-state index in [1.807, 2.05) is 13.8 Å². The Bertz CT molecular complexity index is 451. The first-order valence-electron chi connectivity index (χ1n) is 11.0. The Balaban J connectivity index is 1.66. The highest BCUT2D eigenvalue weighted by atomic mass is 35.5. The van der Waals surface area contributed by atoms with Crippen LogP contribution in [-0.4, -0.2) is 30.5 Å². The lowest BCUT2D eigenvalue weighted by atomic mass is 9.75. The molecule has 1 unspecified atom stereocenters. The van der Waals surface area contributed by atoms with Crippen molar-refractivity contribution in [2.45, 2.75) is 89.9 Å². The quantitative estimate of drug-likeness (QED) is 0.378. The Hall–Kier alpha value is -0.770. The number of hydrogen-bond donors (Lipinski definition) is 0. The van der Waals surface area contributed by atoms with E-state index in [1.54, 1.807) is 0 Å². The third-order valence-corrected chi connectivity index (χ3v) is 6.79. The van der Waals surface area contributed by atoms with Crippen molar-refractivity contribution in [1.82, 2.24) is 0 Å². The first-order chi connectivity index (χ1) is 13.0. The van der Waals surface area contributed by atoms with E-state index in [9.17, 15) is 9.59 Å². The van der Waals surface area contributed by atoms with E-state index in [0.717, 1.165) is 70.6 Å². The summed E-state index contributed by atoms with van der Waals surface area (Å²) in [6.45, 7) is 5.11. The minimum absolute atomic E-state index is 0.00833. The number of alkyl halides is 1. The summed E-state index contributed by atoms with van der Waals surface area (Å²) in [4.78, 5) is 24.0. The van der Waals surface area contributed by atoms with Gasteiger partial charge in [0.15, 0.2) is 0 Å². The van der Waals surface area contributed by atoms with Crippen molar-refractivity contribution in [2.24, 2.45) is 23.7 Å². The van der Waals surface area contributed by atoms with Gasteiger partial charge in [-0.25, -0.2) is 0 Å². The van der Waals surface area contributed by atoms with Crippen molar-refractivity contribution in [2.75, 3.05) is 13.2 Å². The van der Waals surface area contributed by atoms with Crippen LogP contribution in [0, 0.1) is 23.7 Å². The predicted octanol–water partition coefficient (Wildman–Crippen LogP) is 5.50. The second-order valence-electron chi connectivity index (χ2n) is 8.42. The molecular formula is C22H37ClO4. The highest BCUT2D eigenvalue weighted by Crippen LogP contribution is 2.39. The first-order valence-corrected chi connectivity index (χ1v) is 11.5. The van der Waals surface area contributed by atoms with Crippen LogP contribution in [0.3, 0.4) is 0 Å². The zero-order valence-corrected chi connectivity index (χ0v) is 17.8. The minimum atomic E-state index is -0.0188. The molecule has 2 aliphatic rings. The Kier molecular flexibility index (Phi) is 9.95. The topological polar surface area (TPSA) is 52.6 Å². The molecule has 0 radical (unpaired) electrons. The zero-order valence-electron chi connectivity index (χ0n) is 17.1. The van der Waals surface area contributed by atoms with E-state index in [-0.39, 0.29) is 29.2 Å². The molecule has 0 aromatic heterocycles. The second kappa shape index (κ2) is 11.9. The summed E-state index contributed by atoms with van der Waals surface area (Å²) in [6.07, 6.45) is 10.7. The standard InChI is InChI=1S/C22H37ClO4/c1-3-13-26-21(24)18-7-5-16(6-8-18)15-20(23)17-9-11-19(12-10-17)22(25)27-14-4-2/h16-20H,3-15H2,1-2H3/t16-,17-,18-,19-,20?. The van der Waals surface area contributed by atoms with Crippen LogP contribution in [0.1, 0.15) is 84.5 Å². The Morgan fingerprint density at radius 3 is 1.70 bits per heavy atom. The summed E-state index contributed by atoms with van der Waals surface area (Å²) < 4.78 is 10.6. The number of carbonyl (C=O) groups is 2. The van der Waals surface area contributed by atoms with Gasteiger partial charge in [0, 0.05) is 5.38 Å². The highest BCUT2D eigenvalue weighted by Gasteiger charge is 2.33.